The van der Waals surface area contributed by atoms with Gasteiger partial charge >= 0.3 is 5.97 Å². The number of carbonyl (C=O) groups excluding carboxylic acids is 2. The minimum absolute atomic E-state index is 0.0724. The van der Waals surface area contributed by atoms with Crippen LogP contribution in [0.4, 0.5) is 0 Å². The second-order valence-electron chi connectivity index (χ2n) is 5.26. The fraction of sp³-hybridized carbons (Fsp3) is 0.353. The molecule has 8 heteroatoms. The zero-order valence-electron chi connectivity index (χ0n) is 14.2. The molecule has 8 nitrogen and oxygen atoms in total. The Labute approximate surface area is 145 Å². The highest BCUT2D eigenvalue weighted by molar-refractivity contribution is 5.77. The fourth-order valence-electron chi connectivity index (χ4n) is 2.24. The lowest BCUT2D eigenvalue weighted by Gasteiger charge is -2.17. The van der Waals surface area contributed by atoms with Gasteiger partial charge in [0.1, 0.15) is 5.75 Å². The first kappa shape index (κ1) is 18.5. The van der Waals surface area contributed by atoms with Crippen LogP contribution in [0.1, 0.15) is 12.8 Å². The molecule has 0 spiro atoms. The molecule has 0 aliphatic heterocycles. The van der Waals surface area contributed by atoms with E-state index in [1.165, 1.54) is 4.90 Å². The zero-order valence-corrected chi connectivity index (χ0v) is 14.2. The SMILES string of the molecule is CCOC(=O)CN(CC(N)=O)Cc1ncc(-c2ccc(OC)cc2)o1. The largest absolute Gasteiger partial charge is 0.497 e. The molecule has 0 atom stereocenters. The van der Waals surface area contributed by atoms with Crippen molar-refractivity contribution in [3.63, 3.8) is 0 Å². The number of oxazole rings is 1. The predicted molar refractivity (Wildman–Crippen MR) is 89.6 cm³/mol. The van der Waals surface area contributed by atoms with Gasteiger partial charge in [-0.2, -0.15) is 0 Å². The van der Waals surface area contributed by atoms with Crippen LogP contribution in [0.3, 0.4) is 0 Å². The first-order valence-electron chi connectivity index (χ1n) is 7.77. The number of nitrogens with zero attached hydrogens (tertiary/aromatic N) is 2. The van der Waals surface area contributed by atoms with Gasteiger partial charge in [-0.25, -0.2) is 4.98 Å². The Balaban J connectivity index is 2.07. The third kappa shape index (κ3) is 5.61. The van der Waals surface area contributed by atoms with Crippen molar-refractivity contribution in [3.8, 4) is 17.1 Å². The number of nitrogens with two attached hydrogens (primary N) is 1. The molecule has 2 N–H and O–H groups in total. The Bertz CT molecular complexity index is 711. The van der Waals surface area contributed by atoms with E-state index in [0.29, 0.717) is 11.7 Å². The molecule has 1 amide bonds. The molecule has 0 bridgehead atoms. The number of carbonyl (C=O) groups is 2. The van der Waals surface area contributed by atoms with Gasteiger partial charge in [0.2, 0.25) is 11.8 Å². The molecule has 1 aromatic carbocycles. The summed E-state index contributed by atoms with van der Waals surface area (Å²) >= 11 is 0. The van der Waals surface area contributed by atoms with Crippen molar-refractivity contribution in [3.05, 3.63) is 36.4 Å². The van der Waals surface area contributed by atoms with Crippen molar-refractivity contribution in [1.82, 2.24) is 9.88 Å². The lowest BCUT2D eigenvalue weighted by molar-refractivity contribution is -0.144. The van der Waals surface area contributed by atoms with Gasteiger partial charge in [0, 0.05) is 5.56 Å². The van der Waals surface area contributed by atoms with Gasteiger partial charge in [-0.15, -0.1) is 0 Å². The summed E-state index contributed by atoms with van der Waals surface area (Å²) in [5.74, 6) is 0.701. The summed E-state index contributed by atoms with van der Waals surface area (Å²) in [4.78, 5) is 28.5. The highest BCUT2D eigenvalue weighted by atomic mass is 16.5. The van der Waals surface area contributed by atoms with Crippen molar-refractivity contribution in [2.75, 3.05) is 26.8 Å². The number of benzene rings is 1. The van der Waals surface area contributed by atoms with E-state index in [2.05, 4.69) is 4.98 Å². The Morgan fingerprint density at radius 2 is 1.96 bits per heavy atom. The van der Waals surface area contributed by atoms with Crippen LogP contribution in [0.25, 0.3) is 11.3 Å². The molecule has 134 valence electrons. The molecule has 0 radical (unpaired) electrons. The van der Waals surface area contributed by atoms with Crippen LogP contribution < -0.4 is 10.5 Å². The number of rotatable bonds is 9. The van der Waals surface area contributed by atoms with Gasteiger partial charge in [-0.1, -0.05) is 0 Å². The topological polar surface area (TPSA) is 108 Å². The summed E-state index contributed by atoms with van der Waals surface area (Å²) < 4.78 is 15.7. The van der Waals surface area contributed by atoms with Crippen LogP contribution in [-0.2, 0) is 20.9 Å². The molecule has 1 aromatic heterocycles. The molecule has 2 aromatic rings. The Hall–Kier alpha value is -2.87. The second kappa shape index (κ2) is 8.84. The average molecular weight is 347 g/mol. The number of esters is 1. The molecular weight excluding hydrogens is 326 g/mol. The minimum Gasteiger partial charge on any atom is -0.497 e. The third-order valence-corrected chi connectivity index (χ3v) is 3.32. The van der Waals surface area contributed by atoms with E-state index in [-0.39, 0.29) is 26.2 Å². The van der Waals surface area contributed by atoms with Gasteiger partial charge < -0.3 is 19.6 Å². The minimum atomic E-state index is -0.550. The Morgan fingerprint density at radius 3 is 2.56 bits per heavy atom. The molecule has 2 rings (SSSR count). The maximum atomic E-state index is 11.6. The zero-order chi connectivity index (χ0) is 18.2. The summed E-state index contributed by atoms with van der Waals surface area (Å²) in [5.41, 5.74) is 6.06. The molecule has 0 saturated carbocycles. The maximum absolute atomic E-state index is 11.6. The molecule has 25 heavy (non-hydrogen) atoms. The summed E-state index contributed by atoms with van der Waals surface area (Å²) in [7, 11) is 1.60. The first-order valence-corrected chi connectivity index (χ1v) is 7.77. The van der Waals surface area contributed by atoms with Gasteiger partial charge in [0.05, 0.1) is 39.5 Å². The average Bonchev–Trinajstić information content (AvgIpc) is 3.03. The summed E-state index contributed by atoms with van der Waals surface area (Å²) in [6.45, 7) is 1.98. The van der Waals surface area contributed by atoms with Crippen LogP contribution in [0.5, 0.6) is 5.75 Å². The lowest BCUT2D eigenvalue weighted by Crippen LogP contribution is -2.37. The van der Waals surface area contributed by atoms with Crippen molar-refractivity contribution in [2.24, 2.45) is 5.73 Å². The van der Waals surface area contributed by atoms with Crippen LogP contribution >= 0.6 is 0 Å². The molecule has 0 fully saturated rings. The molecule has 0 saturated heterocycles. The highest BCUT2D eigenvalue weighted by Gasteiger charge is 2.17. The van der Waals surface area contributed by atoms with E-state index in [0.717, 1.165) is 11.3 Å². The van der Waals surface area contributed by atoms with E-state index in [1.54, 1.807) is 20.2 Å². The van der Waals surface area contributed by atoms with Crippen LogP contribution in [-0.4, -0.2) is 48.6 Å². The second-order valence-corrected chi connectivity index (χ2v) is 5.26. The Kier molecular flexibility index (Phi) is 6.53. The normalized spacial score (nSPS) is 10.7. The predicted octanol–water partition coefficient (Wildman–Crippen LogP) is 1.20. The van der Waals surface area contributed by atoms with E-state index >= 15 is 0 Å². The molecule has 0 aliphatic carbocycles. The van der Waals surface area contributed by atoms with Crippen molar-refractivity contribution in [2.45, 2.75) is 13.5 Å². The van der Waals surface area contributed by atoms with Crippen molar-refractivity contribution in [1.29, 1.82) is 0 Å². The van der Waals surface area contributed by atoms with E-state index in [9.17, 15) is 9.59 Å². The number of amides is 1. The van der Waals surface area contributed by atoms with E-state index in [4.69, 9.17) is 19.6 Å². The summed E-state index contributed by atoms with van der Waals surface area (Å²) in [5, 5.41) is 0. The summed E-state index contributed by atoms with van der Waals surface area (Å²) in [6, 6.07) is 7.33. The monoisotopic (exact) mass is 347 g/mol. The van der Waals surface area contributed by atoms with E-state index < -0.39 is 11.9 Å². The van der Waals surface area contributed by atoms with Crippen LogP contribution in [0.2, 0.25) is 0 Å². The smallest absolute Gasteiger partial charge is 0.320 e. The number of aromatic nitrogens is 1. The number of primary amides is 1. The molecular formula is C17H21N3O5. The maximum Gasteiger partial charge on any atom is 0.320 e. The highest BCUT2D eigenvalue weighted by Crippen LogP contribution is 2.23. The number of methoxy groups -OCH3 is 1. The third-order valence-electron chi connectivity index (χ3n) is 3.32. The number of ether oxygens (including phenoxy) is 2. The summed E-state index contributed by atoms with van der Waals surface area (Å²) in [6.07, 6.45) is 1.59. The van der Waals surface area contributed by atoms with Gasteiger partial charge in [0.25, 0.3) is 0 Å². The standard InChI is InChI=1S/C17H21N3O5/c1-3-24-17(22)11-20(9-15(18)21)10-16-19-8-14(25-16)12-4-6-13(23-2)7-5-12/h4-8H,3,9-11H2,1-2H3,(H2,18,21). The lowest BCUT2D eigenvalue weighted by atomic mass is 10.2. The fourth-order valence-corrected chi connectivity index (χ4v) is 2.24. The van der Waals surface area contributed by atoms with Crippen LogP contribution in [0.15, 0.2) is 34.9 Å². The van der Waals surface area contributed by atoms with E-state index in [1.807, 2.05) is 24.3 Å². The van der Waals surface area contributed by atoms with Gasteiger partial charge in [-0.3, -0.25) is 14.5 Å². The van der Waals surface area contributed by atoms with Crippen molar-refractivity contribution >= 4 is 11.9 Å². The number of hydrogen-bond donors (Lipinski definition) is 1. The Morgan fingerprint density at radius 1 is 1.24 bits per heavy atom. The quantitative estimate of drug-likeness (QED) is 0.679. The molecule has 0 aliphatic rings. The van der Waals surface area contributed by atoms with Gasteiger partial charge in [0.15, 0.2) is 5.76 Å². The molecule has 0 unspecified atom stereocenters. The first-order chi connectivity index (χ1) is 12.0. The van der Waals surface area contributed by atoms with Gasteiger partial charge in [-0.05, 0) is 31.2 Å². The number of hydrogen-bond acceptors (Lipinski definition) is 7. The van der Waals surface area contributed by atoms with Crippen molar-refractivity contribution < 1.29 is 23.5 Å². The molecule has 1 heterocycles. The van der Waals surface area contributed by atoms with Crippen LogP contribution in [0, 0.1) is 0 Å².